The molecule has 0 aliphatic rings. The lowest BCUT2D eigenvalue weighted by molar-refractivity contribution is 0.289. The average Bonchev–Trinajstić information content (AvgIpc) is 3.27. The van der Waals surface area contributed by atoms with Gasteiger partial charge in [0, 0.05) is 6.20 Å². The number of rotatable bonds is 5. The first kappa shape index (κ1) is 18.4. The highest BCUT2D eigenvalue weighted by Gasteiger charge is 2.24. The number of fused-ring (bicyclic) bond motifs is 1. The Hall–Kier alpha value is -3.02. The van der Waals surface area contributed by atoms with Gasteiger partial charge in [-0.1, -0.05) is 28.9 Å². The van der Waals surface area contributed by atoms with Crippen molar-refractivity contribution in [2.45, 2.75) is 13.0 Å². The van der Waals surface area contributed by atoms with Crippen LogP contribution in [0.3, 0.4) is 0 Å². The summed E-state index contributed by atoms with van der Waals surface area (Å²) in [4.78, 5) is 8.10. The van der Waals surface area contributed by atoms with Gasteiger partial charge in [-0.05, 0) is 19.1 Å². The van der Waals surface area contributed by atoms with E-state index in [1.54, 1.807) is 29.0 Å². The number of hydrogen-bond donors (Lipinski definition) is 2. The first-order valence-corrected chi connectivity index (χ1v) is 8.54. The van der Waals surface area contributed by atoms with E-state index in [1.165, 1.54) is 23.3 Å². The minimum Gasteiger partial charge on any atom is -0.510 e. The van der Waals surface area contributed by atoms with Crippen LogP contribution in [0.25, 0.3) is 16.7 Å². The van der Waals surface area contributed by atoms with Crippen molar-refractivity contribution in [3.8, 4) is 11.4 Å². The number of hydrogen-bond acceptors (Lipinski definition) is 7. The van der Waals surface area contributed by atoms with Gasteiger partial charge in [0.25, 0.3) is 0 Å². The normalized spacial score (nSPS) is 12.3. The zero-order valence-corrected chi connectivity index (χ0v) is 15.2. The highest BCUT2D eigenvalue weighted by atomic mass is 35.5. The molecule has 1 aromatic carbocycles. The second-order valence-corrected chi connectivity index (χ2v) is 6.28. The van der Waals surface area contributed by atoms with Crippen LogP contribution in [0.15, 0.2) is 43.0 Å². The standard InChI is InChI=1S/C16H13BClFN6O3/c1-9(11-6-25(23-22-11)12-5-3-2-4-10(12)19)24-7-13(28-17(26)27)14-15(18)20-8-21-16(14)24/h2-9,26-27H,1H3. The Morgan fingerprint density at radius 3 is 2.75 bits per heavy atom. The lowest BCUT2D eigenvalue weighted by Gasteiger charge is -2.11. The van der Waals surface area contributed by atoms with Crippen LogP contribution >= 0.6 is 11.6 Å². The molecule has 1 unspecified atom stereocenters. The number of aromatic nitrogens is 6. The average molecular weight is 403 g/mol. The predicted molar refractivity (Wildman–Crippen MR) is 98.5 cm³/mol. The summed E-state index contributed by atoms with van der Waals surface area (Å²) in [6, 6.07) is 5.81. The van der Waals surface area contributed by atoms with Crippen LogP contribution in [0.2, 0.25) is 5.15 Å². The monoisotopic (exact) mass is 402 g/mol. The number of benzene rings is 1. The SMILES string of the molecule is CC(c1cn(-c2ccccc2F)nn1)n1cc(OB(O)O)c2c(Cl)ncnc21. The molecule has 0 aliphatic carbocycles. The Morgan fingerprint density at radius 1 is 1.21 bits per heavy atom. The van der Waals surface area contributed by atoms with Crippen molar-refractivity contribution in [1.82, 2.24) is 29.5 Å². The molecule has 28 heavy (non-hydrogen) atoms. The van der Waals surface area contributed by atoms with Gasteiger partial charge in [0.2, 0.25) is 0 Å². The second kappa shape index (κ2) is 7.19. The molecule has 0 saturated carbocycles. The van der Waals surface area contributed by atoms with Gasteiger partial charge in [0.1, 0.15) is 40.1 Å². The van der Waals surface area contributed by atoms with E-state index in [0.29, 0.717) is 16.7 Å². The molecule has 0 aliphatic heterocycles. The maximum Gasteiger partial charge on any atom is 0.707 e. The molecule has 3 aromatic heterocycles. The van der Waals surface area contributed by atoms with Crippen LogP contribution in [-0.4, -0.2) is 46.9 Å². The van der Waals surface area contributed by atoms with Crippen molar-refractivity contribution in [3.63, 3.8) is 0 Å². The molecule has 0 spiro atoms. The van der Waals surface area contributed by atoms with Gasteiger partial charge in [-0.25, -0.2) is 19.0 Å². The molecule has 4 rings (SSSR count). The summed E-state index contributed by atoms with van der Waals surface area (Å²) < 4.78 is 22.0. The zero-order chi connectivity index (χ0) is 19.8. The Morgan fingerprint density at radius 2 is 2.00 bits per heavy atom. The van der Waals surface area contributed by atoms with Crippen molar-refractivity contribution in [1.29, 1.82) is 0 Å². The number of nitrogens with zero attached hydrogens (tertiary/aromatic N) is 6. The van der Waals surface area contributed by atoms with Gasteiger partial charge in [-0.15, -0.1) is 5.10 Å². The van der Waals surface area contributed by atoms with Crippen LogP contribution in [-0.2, 0) is 0 Å². The summed E-state index contributed by atoms with van der Waals surface area (Å²) in [6.07, 6.45) is 4.39. The van der Waals surface area contributed by atoms with Crippen molar-refractivity contribution in [2.24, 2.45) is 0 Å². The Balaban J connectivity index is 1.77. The third kappa shape index (κ3) is 3.19. The van der Waals surface area contributed by atoms with E-state index in [0.717, 1.165) is 0 Å². The molecule has 142 valence electrons. The predicted octanol–water partition coefficient (Wildman–Crippen LogP) is 1.76. The van der Waals surface area contributed by atoms with Gasteiger partial charge in [-0.2, -0.15) is 0 Å². The molecule has 3 heterocycles. The first-order valence-electron chi connectivity index (χ1n) is 8.16. The molecule has 0 bridgehead atoms. The van der Waals surface area contributed by atoms with E-state index >= 15 is 0 Å². The summed E-state index contributed by atoms with van der Waals surface area (Å²) in [6.45, 7) is 1.82. The topological polar surface area (TPSA) is 111 Å². The van der Waals surface area contributed by atoms with E-state index < -0.39 is 19.2 Å². The third-order valence-electron chi connectivity index (χ3n) is 4.22. The third-order valence-corrected chi connectivity index (χ3v) is 4.50. The lowest BCUT2D eigenvalue weighted by Crippen LogP contribution is -2.20. The van der Waals surface area contributed by atoms with Gasteiger partial charge in [0.15, 0.2) is 0 Å². The van der Waals surface area contributed by atoms with Crippen LogP contribution < -0.4 is 4.65 Å². The van der Waals surface area contributed by atoms with Gasteiger partial charge in [0.05, 0.1) is 17.6 Å². The largest absolute Gasteiger partial charge is 0.707 e. The maximum absolute atomic E-state index is 14.0. The minimum absolute atomic E-state index is 0.0987. The Labute approximate surface area is 163 Å². The van der Waals surface area contributed by atoms with Crippen LogP contribution in [0, 0.1) is 5.82 Å². The summed E-state index contributed by atoms with van der Waals surface area (Å²) in [5.74, 6) is -0.325. The molecular weight excluding hydrogens is 389 g/mol. The van der Waals surface area contributed by atoms with Crippen molar-refractivity contribution >= 4 is 30.0 Å². The Kier molecular flexibility index (Phi) is 4.71. The number of para-hydroxylation sites is 1. The first-order chi connectivity index (χ1) is 13.5. The molecule has 12 heteroatoms. The molecule has 0 amide bonds. The molecular formula is C16H13BClFN6O3. The van der Waals surface area contributed by atoms with E-state index in [1.807, 2.05) is 6.92 Å². The zero-order valence-electron chi connectivity index (χ0n) is 14.4. The number of halogens is 2. The van der Waals surface area contributed by atoms with Crippen molar-refractivity contribution < 1.29 is 19.1 Å². The highest BCUT2D eigenvalue weighted by molar-refractivity contribution is 6.36. The molecule has 2 N–H and O–H groups in total. The highest BCUT2D eigenvalue weighted by Crippen LogP contribution is 2.34. The molecule has 0 fully saturated rings. The van der Waals surface area contributed by atoms with E-state index in [2.05, 4.69) is 20.3 Å². The fraction of sp³-hybridized carbons (Fsp3) is 0.125. The van der Waals surface area contributed by atoms with Crippen molar-refractivity contribution in [2.75, 3.05) is 0 Å². The fourth-order valence-corrected chi connectivity index (χ4v) is 3.10. The maximum atomic E-state index is 14.0. The molecule has 0 saturated heterocycles. The quantitative estimate of drug-likeness (QED) is 0.386. The summed E-state index contributed by atoms with van der Waals surface area (Å²) >= 11 is 6.13. The van der Waals surface area contributed by atoms with Gasteiger partial charge in [-0.3, -0.25) is 0 Å². The van der Waals surface area contributed by atoms with Crippen LogP contribution in [0.1, 0.15) is 18.7 Å². The summed E-state index contributed by atoms with van der Waals surface area (Å²) in [7, 11) is -2.03. The van der Waals surface area contributed by atoms with Gasteiger partial charge < -0.3 is 19.3 Å². The van der Waals surface area contributed by atoms with Crippen LogP contribution in [0.4, 0.5) is 4.39 Å². The molecule has 9 nitrogen and oxygen atoms in total. The Bertz CT molecular complexity index is 1150. The smallest absolute Gasteiger partial charge is 0.510 e. The van der Waals surface area contributed by atoms with Crippen LogP contribution in [0.5, 0.6) is 5.75 Å². The minimum atomic E-state index is -2.03. The molecule has 1 atom stereocenters. The second-order valence-electron chi connectivity index (χ2n) is 5.92. The van der Waals surface area contributed by atoms with E-state index in [-0.39, 0.29) is 16.6 Å². The molecule has 0 radical (unpaired) electrons. The van der Waals surface area contributed by atoms with E-state index in [9.17, 15) is 4.39 Å². The lowest BCUT2D eigenvalue weighted by atomic mass is 10.2. The van der Waals surface area contributed by atoms with Gasteiger partial charge >= 0.3 is 7.32 Å². The fourth-order valence-electron chi connectivity index (χ4n) is 2.88. The molecule has 4 aromatic rings. The summed E-state index contributed by atoms with van der Waals surface area (Å²) in [5.41, 5.74) is 1.19. The van der Waals surface area contributed by atoms with Crippen molar-refractivity contribution in [3.05, 3.63) is 59.7 Å². The summed E-state index contributed by atoms with van der Waals surface area (Å²) in [5, 5.41) is 26.8. The van der Waals surface area contributed by atoms with E-state index in [4.69, 9.17) is 26.3 Å².